The van der Waals surface area contributed by atoms with Crippen LogP contribution in [0.3, 0.4) is 0 Å². The van der Waals surface area contributed by atoms with Crippen molar-refractivity contribution in [3.63, 3.8) is 0 Å². The monoisotopic (exact) mass is 223 g/mol. The summed E-state index contributed by atoms with van der Waals surface area (Å²) in [7, 11) is 0. The third kappa shape index (κ3) is 2.80. The molecule has 1 aromatic carbocycles. The van der Waals surface area contributed by atoms with Gasteiger partial charge < -0.3 is 10.4 Å². The van der Waals surface area contributed by atoms with E-state index in [1.807, 2.05) is 6.07 Å². The quantitative estimate of drug-likeness (QED) is 0.823. The Morgan fingerprint density at radius 1 is 1.25 bits per heavy atom. The Morgan fingerprint density at radius 3 is 2.75 bits per heavy atom. The van der Waals surface area contributed by atoms with Gasteiger partial charge >= 0.3 is 0 Å². The van der Waals surface area contributed by atoms with Crippen molar-refractivity contribution in [3.05, 3.63) is 35.6 Å². The maximum atomic E-state index is 13.3. The number of aliphatic hydroxyl groups excluding tert-OH is 1. The first-order chi connectivity index (χ1) is 7.77. The fourth-order valence-corrected chi connectivity index (χ4v) is 2.23. The van der Waals surface area contributed by atoms with Gasteiger partial charge in [-0.25, -0.2) is 4.39 Å². The Morgan fingerprint density at radius 2 is 2.00 bits per heavy atom. The number of rotatable bonds is 3. The summed E-state index contributed by atoms with van der Waals surface area (Å²) < 4.78 is 13.3. The van der Waals surface area contributed by atoms with Crippen LogP contribution in [0.4, 0.5) is 4.39 Å². The van der Waals surface area contributed by atoms with Crippen LogP contribution in [-0.2, 0) is 6.54 Å². The zero-order valence-electron chi connectivity index (χ0n) is 9.32. The first-order valence-corrected chi connectivity index (χ1v) is 5.92. The van der Waals surface area contributed by atoms with Crippen molar-refractivity contribution in [3.8, 4) is 0 Å². The third-order valence-corrected chi connectivity index (χ3v) is 3.24. The number of halogens is 1. The highest BCUT2D eigenvalue weighted by atomic mass is 19.1. The lowest BCUT2D eigenvalue weighted by Gasteiger charge is -2.28. The van der Waals surface area contributed by atoms with Crippen LogP contribution in [0.1, 0.15) is 31.2 Å². The minimum Gasteiger partial charge on any atom is -0.392 e. The van der Waals surface area contributed by atoms with E-state index in [4.69, 9.17) is 0 Å². The van der Waals surface area contributed by atoms with Crippen LogP contribution in [0.25, 0.3) is 0 Å². The fourth-order valence-electron chi connectivity index (χ4n) is 2.23. The van der Waals surface area contributed by atoms with Crippen LogP contribution in [0.2, 0.25) is 0 Å². The van der Waals surface area contributed by atoms with Gasteiger partial charge in [0.1, 0.15) is 5.82 Å². The van der Waals surface area contributed by atoms with Crippen molar-refractivity contribution < 1.29 is 9.50 Å². The number of nitrogens with one attached hydrogen (secondary N) is 1. The van der Waals surface area contributed by atoms with Crippen molar-refractivity contribution >= 4 is 0 Å². The molecule has 1 aliphatic rings. The topological polar surface area (TPSA) is 32.3 Å². The van der Waals surface area contributed by atoms with Crippen LogP contribution in [-0.4, -0.2) is 17.3 Å². The zero-order valence-corrected chi connectivity index (χ0v) is 9.32. The Balaban J connectivity index is 1.89. The molecule has 0 saturated heterocycles. The Bertz CT molecular complexity index is 342. The molecular weight excluding hydrogens is 205 g/mol. The van der Waals surface area contributed by atoms with Crippen LogP contribution in [0.15, 0.2) is 24.3 Å². The second kappa shape index (κ2) is 5.41. The van der Waals surface area contributed by atoms with E-state index in [0.717, 1.165) is 25.7 Å². The smallest absolute Gasteiger partial charge is 0.127 e. The molecule has 2 rings (SSSR count). The molecule has 0 amide bonds. The Hall–Kier alpha value is -0.930. The summed E-state index contributed by atoms with van der Waals surface area (Å²) in [5.74, 6) is -0.180. The average Bonchev–Trinajstić information content (AvgIpc) is 2.30. The van der Waals surface area contributed by atoms with E-state index in [1.165, 1.54) is 6.07 Å². The normalized spacial score (nSPS) is 25.6. The van der Waals surface area contributed by atoms with E-state index in [-0.39, 0.29) is 18.0 Å². The van der Waals surface area contributed by atoms with Crippen LogP contribution in [0, 0.1) is 5.82 Å². The summed E-state index contributed by atoms with van der Waals surface area (Å²) in [5.41, 5.74) is 0.667. The van der Waals surface area contributed by atoms with Gasteiger partial charge in [-0.2, -0.15) is 0 Å². The van der Waals surface area contributed by atoms with Crippen LogP contribution < -0.4 is 5.32 Å². The second-order valence-electron chi connectivity index (χ2n) is 4.43. The maximum absolute atomic E-state index is 13.3. The molecule has 0 spiro atoms. The van der Waals surface area contributed by atoms with Crippen LogP contribution in [0.5, 0.6) is 0 Å². The van der Waals surface area contributed by atoms with Gasteiger partial charge in [0.05, 0.1) is 6.10 Å². The highest BCUT2D eigenvalue weighted by Gasteiger charge is 2.22. The minimum atomic E-state index is -0.277. The fraction of sp³-hybridized carbons (Fsp3) is 0.538. The molecule has 1 aromatic rings. The first kappa shape index (κ1) is 11.6. The molecule has 0 unspecified atom stereocenters. The summed E-state index contributed by atoms with van der Waals surface area (Å²) in [5, 5.41) is 13.0. The molecule has 0 heterocycles. The molecule has 1 saturated carbocycles. The molecule has 0 radical (unpaired) electrons. The largest absolute Gasteiger partial charge is 0.392 e. The highest BCUT2D eigenvalue weighted by molar-refractivity contribution is 5.17. The molecule has 2 atom stereocenters. The van der Waals surface area contributed by atoms with E-state index in [9.17, 15) is 9.50 Å². The standard InChI is InChI=1S/C13H18FNO/c14-11-6-2-1-5-10(11)9-15-12-7-3-4-8-13(12)16/h1-2,5-6,12-13,15-16H,3-4,7-9H2/t12-,13-/m0/s1. The number of hydrogen-bond acceptors (Lipinski definition) is 2. The highest BCUT2D eigenvalue weighted by Crippen LogP contribution is 2.19. The Kier molecular flexibility index (Phi) is 3.91. The minimum absolute atomic E-state index is 0.119. The lowest BCUT2D eigenvalue weighted by atomic mass is 9.92. The third-order valence-electron chi connectivity index (χ3n) is 3.24. The van der Waals surface area contributed by atoms with Gasteiger partial charge in [0.15, 0.2) is 0 Å². The zero-order chi connectivity index (χ0) is 11.4. The molecule has 0 bridgehead atoms. The van der Waals surface area contributed by atoms with E-state index < -0.39 is 0 Å². The average molecular weight is 223 g/mol. The van der Waals surface area contributed by atoms with E-state index >= 15 is 0 Å². The van der Waals surface area contributed by atoms with Gasteiger partial charge in [-0.1, -0.05) is 31.0 Å². The van der Waals surface area contributed by atoms with Gasteiger partial charge in [0.2, 0.25) is 0 Å². The SMILES string of the molecule is O[C@H]1CCCC[C@@H]1NCc1ccccc1F. The molecule has 0 aromatic heterocycles. The van der Waals surface area contributed by atoms with Crippen molar-refractivity contribution in [1.82, 2.24) is 5.32 Å². The van der Waals surface area contributed by atoms with Gasteiger partial charge in [-0.15, -0.1) is 0 Å². The summed E-state index contributed by atoms with van der Waals surface area (Å²) >= 11 is 0. The molecular formula is C13H18FNO. The number of aliphatic hydroxyl groups is 1. The molecule has 0 aliphatic heterocycles. The lowest BCUT2D eigenvalue weighted by molar-refractivity contribution is 0.0901. The van der Waals surface area contributed by atoms with Crippen molar-refractivity contribution in [2.45, 2.75) is 44.4 Å². The summed E-state index contributed by atoms with van der Waals surface area (Å²) in [6, 6.07) is 6.88. The molecule has 1 aliphatic carbocycles. The van der Waals surface area contributed by atoms with Gasteiger partial charge in [0, 0.05) is 18.2 Å². The van der Waals surface area contributed by atoms with E-state index in [0.29, 0.717) is 12.1 Å². The summed E-state index contributed by atoms with van der Waals surface area (Å²) in [6.07, 6.45) is 3.80. The molecule has 2 nitrogen and oxygen atoms in total. The molecule has 1 fully saturated rings. The van der Waals surface area contributed by atoms with Crippen molar-refractivity contribution in [1.29, 1.82) is 0 Å². The van der Waals surface area contributed by atoms with Gasteiger partial charge in [0.25, 0.3) is 0 Å². The molecule has 16 heavy (non-hydrogen) atoms. The van der Waals surface area contributed by atoms with Crippen molar-refractivity contribution in [2.75, 3.05) is 0 Å². The molecule has 3 heteroatoms. The van der Waals surface area contributed by atoms with Gasteiger partial charge in [-0.05, 0) is 18.9 Å². The number of benzene rings is 1. The van der Waals surface area contributed by atoms with E-state index in [2.05, 4.69) is 5.32 Å². The van der Waals surface area contributed by atoms with E-state index in [1.54, 1.807) is 12.1 Å². The van der Waals surface area contributed by atoms with Crippen molar-refractivity contribution in [2.24, 2.45) is 0 Å². The predicted octanol–water partition coefficient (Wildman–Crippen LogP) is 2.22. The summed E-state index contributed by atoms with van der Waals surface area (Å²) in [4.78, 5) is 0. The first-order valence-electron chi connectivity index (χ1n) is 5.92. The predicted molar refractivity (Wildman–Crippen MR) is 61.5 cm³/mol. The van der Waals surface area contributed by atoms with Gasteiger partial charge in [-0.3, -0.25) is 0 Å². The van der Waals surface area contributed by atoms with Crippen LogP contribution >= 0.6 is 0 Å². The molecule has 2 N–H and O–H groups in total. The number of hydrogen-bond donors (Lipinski definition) is 2. The second-order valence-corrected chi connectivity index (χ2v) is 4.43. The Labute approximate surface area is 95.5 Å². The lowest BCUT2D eigenvalue weighted by Crippen LogP contribution is -2.41. The summed E-state index contributed by atoms with van der Waals surface area (Å²) in [6.45, 7) is 0.494. The maximum Gasteiger partial charge on any atom is 0.127 e. The molecule has 88 valence electrons.